The van der Waals surface area contributed by atoms with Crippen LogP contribution >= 0.6 is 0 Å². The molecule has 1 N–H and O–H groups in total. The number of pyridine rings is 1. The lowest BCUT2D eigenvalue weighted by Crippen LogP contribution is -2.13. The number of aromatic nitrogens is 3. The Balaban J connectivity index is 2.44. The van der Waals surface area contributed by atoms with Gasteiger partial charge in [0.1, 0.15) is 0 Å². The molecule has 5 heteroatoms. The zero-order valence-corrected chi connectivity index (χ0v) is 10.1. The number of carbonyl (C=O) groups is 1. The monoisotopic (exact) mass is 233 g/mol. The van der Waals surface area contributed by atoms with E-state index in [9.17, 15) is 4.79 Å². The minimum atomic E-state index is -0.847. The SMILES string of the molecule is CC(C)(C)c1nc2ccc(CC(=O)O)cn2n1. The van der Waals surface area contributed by atoms with Gasteiger partial charge in [0.15, 0.2) is 11.5 Å². The Morgan fingerprint density at radius 2 is 2.12 bits per heavy atom. The van der Waals surface area contributed by atoms with Gasteiger partial charge in [0.05, 0.1) is 6.42 Å². The Kier molecular flexibility index (Phi) is 2.61. The van der Waals surface area contributed by atoms with Crippen molar-refractivity contribution in [1.29, 1.82) is 0 Å². The average molecular weight is 233 g/mol. The van der Waals surface area contributed by atoms with Gasteiger partial charge in [-0.3, -0.25) is 4.79 Å². The van der Waals surface area contributed by atoms with Crippen LogP contribution < -0.4 is 0 Å². The Labute approximate surface area is 99.1 Å². The standard InChI is InChI=1S/C12H15N3O2/c1-12(2,3)11-13-9-5-4-8(6-10(16)17)7-15(9)14-11/h4-5,7H,6H2,1-3H3,(H,16,17). The first-order chi connectivity index (χ1) is 7.86. The molecule has 0 atom stereocenters. The quantitative estimate of drug-likeness (QED) is 0.856. The van der Waals surface area contributed by atoms with E-state index in [-0.39, 0.29) is 11.8 Å². The van der Waals surface area contributed by atoms with E-state index in [1.54, 1.807) is 22.8 Å². The largest absolute Gasteiger partial charge is 0.481 e. The number of aliphatic carboxylic acids is 1. The number of carboxylic acid groups (broad SMARTS) is 1. The summed E-state index contributed by atoms with van der Waals surface area (Å²) in [6.07, 6.45) is 1.71. The van der Waals surface area contributed by atoms with Gasteiger partial charge in [-0.1, -0.05) is 26.8 Å². The van der Waals surface area contributed by atoms with Crippen molar-refractivity contribution in [3.05, 3.63) is 29.7 Å². The zero-order valence-electron chi connectivity index (χ0n) is 10.1. The normalized spacial score (nSPS) is 11.9. The predicted octanol–water partition coefficient (Wildman–Crippen LogP) is 1.65. The van der Waals surface area contributed by atoms with Gasteiger partial charge in [-0.2, -0.15) is 5.10 Å². The van der Waals surface area contributed by atoms with Crippen LogP contribution in [-0.2, 0) is 16.6 Å². The molecule has 0 aliphatic carbocycles. The van der Waals surface area contributed by atoms with Crippen molar-refractivity contribution in [1.82, 2.24) is 14.6 Å². The fourth-order valence-electron chi connectivity index (χ4n) is 1.52. The summed E-state index contributed by atoms with van der Waals surface area (Å²) in [5.41, 5.74) is 1.35. The zero-order chi connectivity index (χ0) is 12.6. The molecule has 0 saturated carbocycles. The van der Waals surface area contributed by atoms with Crippen LogP contribution in [0.4, 0.5) is 0 Å². The van der Waals surface area contributed by atoms with Crippen LogP contribution in [0, 0.1) is 0 Å². The van der Waals surface area contributed by atoms with Crippen LogP contribution in [0.5, 0.6) is 0 Å². The van der Waals surface area contributed by atoms with Crippen LogP contribution in [0.2, 0.25) is 0 Å². The summed E-state index contributed by atoms with van der Waals surface area (Å²) in [5, 5.41) is 13.1. The summed E-state index contributed by atoms with van der Waals surface area (Å²) in [5.74, 6) is -0.0921. The van der Waals surface area contributed by atoms with Gasteiger partial charge in [0.2, 0.25) is 0 Å². The summed E-state index contributed by atoms with van der Waals surface area (Å²) in [4.78, 5) is 15.0. The molecule has 0 fully saturated rings. The highest BCUT2D eigenvalue weighted by Crippen LogP contribution is 2.19. The molecule has 0 saturated heterocycles. The van der Waals surface area contributed by atoms with Gasteiger partial charge in [-0.05, 0) is 11.6 Å². The molecule has 2 aromatic rings. The summed E-state index contributed by atoms with van der Waals surface area (Å²) in [6, 6.07) is 3.56. The van der Waals surface area contributed by atoms with E-state index in [1.807, 2.05) is 20.8 Å². The second-order valence-corrected chi connectivity index (χ2v) is 5.10. The molecule has 17 heavy (non-hydrogen) atoms. The summed E-state index contributed by atoms with van der Waals surface area (Å²) >= 11 is 0. The van der Waals surface area contributed by atoms with E-state index in [0.717, 1.165) is 17.0 Å². The Morgan fingerprint density at radius 3 is 2.71 bits per heavy atom. The highest BCUT2D eigenvalue weighted by Gasteiger charge is 2.19. The molecule has 2 rings (SSSR count). The molecule has 2 aromatic heterocycles. The smallest absolute Gasteiger partial charge is 0.307 e. The van der Waals surface area contributed by atoms with Crippen molar-refractivity contribution >= 4 is 11.6 Å². The highest BCUT2D eigenvalue weighted by atomic mass is 16.4. The van der Waals surface area contributed by atoms with Gasteiger partial charge in [-0.25, -0.2) is 9.50 Å². The maximum atomic E-state index is 10.6. The fraction of sp³-hybridized carbons (Fsp3) is 0.417. The number of carboxylic acids is 1. The number of fused-ring (bicyclic) bond motifs is 1. The highest BCUT2D eigenvalue weighted by molar-refractivity contribution is 5.70. The van der Waals surface area contributed by atoms with Crippen LogP contribution in [0.25, 0.3) is 5.65 Å². The Hall–Kier alpha value is -1.91. The molecular weight excluding hydrogens is 218 g/mol. The molecule has 0 aromatic carbocycles. The van der Waals surface area contributed by atoms with Crippen molar-refractivity contribution in [2.24, 2.45) is 0 Å². The van der Waals surface area contributed by atoms with Gasteiger partial charge in [-0.15, -0.1) is 0 Å². The molecule has 0 aliphatic heterocycles. The molecule has 5 nitrogen and oxygen atoms in total. The Bertz CT molecular complexity index is 567. The summed E-state index contributed by atoms with van der Waals surface area (Å²) < 4.78 is 1.64. The molecular formula is C12H15N3O2. The lowest BCUT2D eigenvalue weighted by atomic mass is 9.96. The van der Waals surface area contributed by atoms with Gasteiger partial charge in [0, 0.05) is 11.6 Å². The molecule has 0 spiro atoms. The van der Waals surface area contributed by atoms with Crippen LogP contribution in [0.1, 0.15) is 32.2 Å². The second-order valence-electron chi connectivity index (χ2n) is 5.10. The maximum absolute atomic E-state index is 10.6. The molecule has 0 unspecified atom stereocenters. The molecule has 90 valence electrons. The van der Waals surface area contributed by atoms with Gasteiger partial charge in [0.25, 0.3) is 0 Å². The van der Waals surface area contributed by atoms with E-state index in [1.165, 1.54) is 0 Å². The Morgan fingerprint density at radius 1 is 1.41 bits per heavy atom. The number of hydrogen-bond donors (Lipinski definition) is 1. The van der Waals surface area contributed by atoms with E-state index < -0.39 is 5.97 Å². The number of rotatable bonds is 2. The third-order valence-corrected chi connectivity index (χ3v) is 2.42. The molecule has 0 amide bonds. The van der Waals surface area contributed by atoms with E-state index >= 15 is 0 Å². The first-order valence-corrected chi connectivity index (χ1v) is 5.44. The average Bonchev–Trinajstić information content (AvgIpc) is 2.58. The predicted molar refractivity (Wildman–Crippen MR) is 63.0 cm³/mol. The molecule has 0 bridgehead atoms. The van der Waals surface area contributed by atoms with E-state index in [0.29, 0.717) is 0 Å². The molecule has 0 aliphatic rings. The first kappa shape index (κ1) is 11.6. The van der Waals surface area contributed by atoms with Crippen molar-refractivity contribution in [2.45, 2.75) is 32.6 Å². The van der Waals surface area contributed by atoms with Crippen LogP contribution in [-0.4, -0.2) is 25.7 Å². The third kappa shape index (κ3) is 2.43. The summed E-state index contributed by atoms with van der Waals surface area (Å²) in [7, 11) is 0. The van der Waals surface area contributed by atoms with E-state index in [4.69, 9.17) is 5.11 Å². The van der Waals surface area contributed by atoms with Crippen molar-refractivity contribution in [3.8, 4) is 0 Å². The van der Waals surface area contributed by atoms with Crippen molar-refractivity contribution < 1.29 is 9.90 Å². The van der Waals surface area contributed by atoms with E-state index in [2.05, 4.69) is 10.1 Å². The maximum Gasteiger partial charge on any atom is 0.307 e. The van der Waals surface area contributed by atoms with Crippen molar-refractivity contribution in [3.63, 3.8) is 0 Å². The van der Waals surface area contributed by atoms with Crippen molar-refractivity contribution in [2.75, 3.05) is 0 Å². The fourth-order valence-corrected chi connectivity index (χ4v) is 1.52. The molecule has 2 heterocycles. The van der Waals surface area contributed by atoms with Gasteiger partial charge < -0.3 is 5.11 Å². The lowest BCUT2D eigenvalue weighted by molar-refractivity contribution is -0.136. The minimum absolute atomic E-state index is 0.000646. The lowest BCUT2D eigenvalue weighted by Gasteiger charge is -2.11. The van der Waals surface area contributed by atoms with Gasteiger partial charge >= 0.3 is 5.97 Å². The number of hydrogen-bond acceptors (Lipinski definition) is 3. The topological polar surface area (TPSA) is 67.5 Å². The molecule has 0 radical (unpaired) electrons. The second kappa shape index (κ2) is 3.84. The third-order valence-electron chi connectivity index (χ3n) is 2.42. The minimum Gasteiger partial charge on any atom is -0.481 e. The van der Waals surface area contributed by atoms with Crippen LogP contribution in [0.3, 0.4) is 0 Å². The summed E-state index contributed by atoms with van der Waals surface area (Å²) in [6.45, 7) is 6.12. The van der Waals surface area contributed by atoms with Crippen LogP contribution in [0.15, 0.2) is 18.3 Å². The first-order valence-electron chi connectivity index (χ1n) is 5.44. The number of nitrogens with zero attached hydrogens (tertiary/aromatic N) is 3.